The van der Waals surface area contributed by atoms with Crippen molar-refractivity contribution in [3.8, 4) is 0 Å². The van der Waals surface area contributed by atoms with Crippen molar-refractivity contribution in [2.45, 2.75) is 75.7 Å². The molecule has 1 aromatic heterocycles. The zero-order valence-electron chi connectivity index (χ0n) is 15.5. The first-order chi connectivity index (χ1) is 9.74. The number of hydrogen-bond donors (Lipinski definition) is 0. The van der Waals surface area contributed by atoms with Crippen molar-refractivity contribution in [2.24, 2.45) is 0 Å². The Morgan fingerprint density at radius 3 is 1.85 bits per heavy atom. The molecule has 0 aliphatic heterocycles. The molecule has 0 radical (unpaired) electrons. The summed E-state index contributed by atoms with van der Waals surface area (Å²) in [6.45, 7) is 20.5. The first-order valence-electron chi connectivity index (χ1n) is 8.21. The Kier molecular flexibility index (Phi) is 21.2. The second kappa shape index (κ2) is 17.8. The van der Waals surface area contributed by atoms with Crippen LogP contribution in [0.2, 0.25) is 0 Å². The second-order valence-corrected chi connectivity index (χ2v) is 3.37. The van der Waals surface area contributed by atoms with Crippen molar-refractivity contribution in [1.29, 1.82) is 0 Å². The van der Waals surface area contributed by atoms with Gasteiger partial charge in [-0.1, -0.05) is 60.6 Å². The highest BCUT2D eigenvalue weighted by Crippen LogP contribution is 2.19. The SMILES string of the molecule is C/C=C\c1ccc(C)n1/C(=C\C)CC.CC.CC.CC. The van der Waals surface area contributed by atoms with E-state index in [-0.39, 0.29) is 0 Å². The average molecular weight is 280 g/mol. The predicted octanol–water partition coefficient (Wildman–Crippen LogP) is 7.18. The summed E-state index contributed by atoms with van der Waals surface area (Å²) >= 11 is 0. The fourth-order valence-corrected chi connectivity index (χ4v) is 1.74. The maximum absolute atomic E-state index is 2.31. The first kappa shape index (κ1) is 23.8. The van der Waals surface area contributed by atoms with E-state index in [0.29, 0.717) is 0 Å². The zero-order chi connectivity index (χ0) is 16.6. The molecule has 0 saturated heterocycles. The molecule has 0 N–H and O–H groups in total. The molecule has 0 aromatic carbocycles. The minimum absolute atomic E-state index is 1.07. The fraction of sp³-hybridized carbons (Fsp3) is 0.579. The molecule has 0 aliphatic rings. The van der Waals surface area contributed by atoms with Crippen LogP contribution in [0.25, 0.3) is 11.8 Å². The van der Waals surface area contributed by atoms with Gasteiger partial charge in [0, 0.05) is 17.1 Å². The van der Waals surface area contributed by atoms with Gasteiger partial charge in [0.25, 0.3) is 0 Å². The molecule has 20 heavy (non-hydrogen) atoms. The molecule has 1 heteroatoms. The highest BCUT2D eigenvalue weighted by molar-refractivity contribution is 5.57. The Morgan fingerprint density at radius 1 is 1.00 bits per heavy atom. The summed E-state index contributed by atoms with van der Waals surface area (Å²) in [5.41, 5.74) is 3.92. The smallest absolute Gasteiger partial charge is 0.0452 e. The second-order valence-electron chi connectivity index (χ2n) is 3.37. The van der Waals surface area contributed by atoms with Crippen LogP contribution in [0.3, 0.4) is 0 Å². The van der Waals surface area contributed by atoms with Gasteiger partial charge in [-0.15, -0.1) is 0 Å². The van der Waals surface area contributed by atoms with Crippen molar-refractivity contribution >= 4 is 11.8 Å². The topological polar surface area (TPSA) is 4.93 Å². The van der Waals surface area contributed by atoms with E-state index in [1.54, 1.807) is 0 Å². The normalized spacial score (nSPS) is 9.80. The molecule has 0 spiro atoms. The highest BCUT2D eigenvalue weighted by atomic mass is 15.0. The Labute approximate surface area is 128 Å². The Hall–Kier alpha value is -1.24. The van der Waals surface area contributed by atoms with E-state index >= 15 is 0 Å². The molecule has 0 amide bonds. The van der Waals surface area contributed by atoms with Gasteiger partial charge in [0.15, 0.2) is 0 Å². The van der Waals surface area contributed by atoms with Crippen molar-refractivity contribution < 1.29 is 0 Å². The molecule has 118 valence electrons. The van der Waals surface area contributed by atoms with Crippen LogP contribution in [0.15, 0.2) is 24.3 Å². The van der Waals surface area contributed by atoms with E-state index in [1.165, 1.54) is 17.1 Å². The van der Waals surface area contributed by atoms with Gasteiger partial charge in [-0.25, -0.2) is 0 Å². The van der Waals surface area contributed by atoms with Crippen LogP contribution >= 0.6 is 0 Å². The summed E-state index contributed by atoms with van der Waals surface area (Å²) < 4.78 is 2.31. The summed E-state index contributed by atoms with van der Waals surface area (Å²) in [5, 5.41) is 0. The van der Waals surface area contributed by atoms with E-state index in [1.807, 2.05) is 48.5 Å². The van der Waals surface area contributed by atoms with Crippen molar-refractivity contribution in [1.82, 2.24) is 4.57 Å². The maximum Gasteiger partial charge on any atom is 0.0452 e. The lowest BCUT2D eigenvalue weighted by Crippen LogP contribution is -2.00. The molecule has 1 nitrogen and oxygen atoms in total. The minimum Gasteiger partial charge on any atom is -0.319 e. The average Bonchev–Trinajstić information content (AvgIpc) is 2.89. The summed E-state index contributed by atoms with van der Waals surface area (Å²) in [4.78, 5) is 0. The number of aryl methyl sites for hydroxylation is 1. The third-order valence-corrected chi connectivity index (χ3v) is 2.43. The van der Waals surface area contributed by atoms with Gasteiger partial charge in [0.05, 0.1) is 0 Å². The molecule has 1 aromatic rings. The molecule has 0 unspecified atom stereocenters. The lowest BCUT2D eigenvalue weighted by Gasteiger charge is -2.11. The van der Waals surface area contributed by atoms with Gasteiger partial charge in [-0.2, -0.15) is 0 Å². The van der Waals surface area contributed by atoms with E-state index in [9.17, 15) is 0 Å². The van der Waals surface area contributed by atoms with Gasteiger partial charge >= 0.3 is 0 Å². The summed E-state index contributed by atoms with van der Waals surface area (Å²) in [6.07, 6.45) is 7.47. The molecular weight excluding hydrogens is 242 g/mol. The van der Waals surface area contributed by atoms with Crippen LogP contribution in [0.1, 0.15) is 80.1 Å². The standard InChI is InChI=1S/C13H19N.3C2H6/c1-5-8-13-10-9-11(4)14(13)12(6-2)7-3;3*1-2/h5-6,8-10H,7H2,1-4H3;3*1-2H3/b8-5-,12-6-;;;. The summed E-state index contributed by atoms with van der Waals surface area (Å²) in [5.74, 6) is 0. The van der Waals surface area contributed by atoms with E-state index in [0.717, 1.165) is 6.42 Å². The molecule has 0 fully saturated rings. The molecule has 0 atom stereocenters. The van der Waals surface area contributed by atoms with Gasteiger partial charge in [0.1, 0.15) is 0 Å². The van der Waals surface area contributed by atoms with E-state index in [4.69, 9.17) is 0 Å². The quantitative estimate of drug-likeness (QED) is 0.552. The van der Waals surface area contributed by atoms with E-state index < -0.39 is 0 Å². The Balaban J connectivity index is -0.000000425. The minimum atomic E-state index is 1.07. The largest absolute Gasteiger partial charge is 0.319 e. The summed E-state index contributed by atoms with van der Waals surface area (Å²) in [7, 11) is 0. The number of hydrogen-bond acceptors (Lipinski definition) is 0. The van der Waals surface area contributed by atoms with Crippen LogP contribution in [0, 0.1) is 6.92 Å². The maximum atomic E-state index is 2.31. The van der Waals surface area contributed by atoms with Crippen LogP contribution in [0.4, 0.5) is 0 Å². The molecule has 1 rings (SSSR count). The number of nitrogens with zero attached hydrogens (tertiary/aromatic N) is 1. The Morgan fingerprint density at radius 2 is 1.50 bits per heavy atom. The number of aromatic nitrogens is 1. The first-order valence-corrected chi connectivity index (χ1v) is 8.21. The molecule has 1 heterocycles. The van der Waals surface area contributed by atoms with Gasteiger partial charge in [-0.05, 0) is 45.4 Å². The fourth-order valence-electron chi connectivity index (χ4n) is 1.74. The van der Waals surface area contributed by atoms with Gasteiger partial charge in [-0.3, -0.25) is 0 Å². The van der Waals surface area contributed by atoms with Crippen LogP contribution < -0.4 is 0 Å². The highest BCUT2D eigenvalue weighted by Gasteiger charge is 2.04. The van der Waals surface area contributed by atoms with Gasteiger partial charge in [0.2, 0.25) is 0 Å². The predicted molar refractivity (Wildman–Crippen MR) is 98.2 cm³/mol. The van der Waals surface area contributed by atoms with Crippen LogP contribution in [0.5, 0.6) is 0 Å². The van der Waals surface area contributed by atoms with Crippen LogP contribution in [-0.2, 0) is 0 Å². The lowest BCUT2D eigenvalue weighted by atomic mass is 10.3. The molecular formula is C19H37N. The van der Waals surface area contributed by atoms with Crippen molar-refractivity contribution in [2.75, 3.05) is 0 Å². The van der Waals surface area contributed by atoms with E-state index in [2.05, 4.69) is 55.7 Å². The molecule has 0 saturated carbocycles. The molecule has 0 bridgehead atoms. The third-order valence-electron chi connectivity index (χ3n) is 2.43. The van der Waals surface area contributed by atoms with Crippen molar-refractivity contribution in [3.63, 3.8) is 0 Å². The Bertz CT molecular complexity index is 354. The number of rotatable bonds is 3. The number of allylic oxidation sites excluding steroid dienone is 3. The van der Waals surface area contributed by atoms with Crippen molar-refractivity contribution in [3.05, 3.63) is 35.7 Å². The monoisotopic (exact) mass is 279 g/mol. The zero-order valence-corrected chi connectivity index (χ0v) is 15.5. The third kappa shape index (κ3) is 8.04. The van der Waals surface area contributed by atoms with Gasteiger partial charge < -0.3 is 4.57 Å². The lowest BCUT2D eigenvalue weighted by molar-refractivity contribution is 0.963. The molecule has 0 aliphatic carbocycles. The van der Waals surface area contributed by atoms with Crippen LogP contribution in [-0.4, -0.2) is 4.57 Å². The summed E-state index contributed by atoms with van der Waals surface area (Å²) in [6, 6.07) is 4.32.